The maximum Gasteiger partial charge on any atom is 0.158 e. The Kier molecular flexibility index (Phi) is 3.82. The summed E-state index contributed by atoms with van der Waals surface area (Å²) in [4.78, 5) is 0. The molecule has 5 aromatic carbocycles. The fourth-order valence-corrected chi connectivity index (χ4v) is 4.21. The van der Waals surface area contributed by atoms with Gasteiger partial charge in [0, 0.05) is 16.5 Å². The van der Waals surface area contributed by atoms with Crippen LogP contribution in [0.4, 0.5) is 11.4 Å². The Labute approximate surface area is 174 Å². The molecule has 0 atom stereocenters. The summed E-state index contributed by atoms with van der Waals surface area (Å²) < 4.78 is 6.13. The number of benzene rings is 5. The highest BCUT2D eigenvalue weighted by Gasteiger charge is 2.10. The van der Waals surface area contributed by atoms with Crippen LogP contribution in [0.2, 0.25) is 0 Å². The van der Waals surface area contributed by atoms with Crippen molar-refractivity contribution in [3.8, 4) is 11.1 Å². The van der Waals surface area contributed by atoms with Crippen molar-refractivity contribution in [3.63, 3.8) is 0 Å². The molecule has 0 amide bonds. The van der Waals surface area contributed by atoms with Crippen molar-refractivity contribution in [1.82, 2.24) is 0 Å². The van der Waals surface area contributed by atoms with Gasteiger partial charge < -0.3 is 9.73 Å². The lowest BCUT2D eigenvalue weighted by molar-refractivity contribution is 0.670. The molecule has 0 fully saturated rings. The third-order valence-corrected chi connectivity index (χ3v) is 5.67. The van der Waals surface area contributed by atoms with Gasteiger partial charge in [0.25, 0.3) is 0 Å². The van der Waals surface area contributed by atoms with Crippen LogP contribution in [0.5, 0.6) is 0 Å². The van der Waals surface area contributed by atoms with Gasteiger partial charge in [0.15, 0.2) is 5.58 Å². The first-order valence-electron chi connectivity index (χ1n) is 10.1. The maximum absolute atomic E-state index is 6.13. The van der Waals surface area contributed by atoms with Gasteiger partial charge in [-0.05, 0) is 46.2 Å². The molecular formula is C28H19NO. The monoisotopic (exact) mass is 385 g/mol. The number of fused-ring (bicyclic) bond motifs is 4. The molecule has 2 heteroatoms. The van der Waals surface area contributed by atoms with Crippen LogP contribution in [0, 0.1) is 0 Å². The molecule has 0 aliphatic heterocycles. The largest absolute Gasteiger partial charge is 0.454 e. The van der Waals surface area contributed by atoms with E-state index in [4.69, 9.17) is 4.42 Å². The second kappa shape index (κ2) is 6.78. The number of anilines is 2. The van der Waals surface area contributed by atoms with Crippen molar-refractivity contribution in [2.45, 2.75) is 0 Å². The number of nitrogens with one attached hydrogen (secondary N) is 1. The molecule has 2 nitrogen and oxygen atoms in total. The summed E-state index contributed by atoms with van der Waals surface area (Å²) in [5, 5.41) is 8.33. The van der Waals surface area contributed by atoms with Gasteiger partial charge in [-0.2, -0.15) is 0 Å². The number of rotatable bonds is 3. The fraction of sp³-hybridized carbons (Fsp3) is 0. The zero-order chi connectivity index (χ0) is 19.9. The smallest absolute Gasteiger partial charge is 0.158 e. The molecule has 30 heavy (non-hydrogen) atoms. The summed E-state index contributed by atoms with van der Waals surface area (Å²) in [7, 11) is 0. The maximum atomic E-state index is 6.13. The average molecular weight is 385 g/mol. The lowest BCUT2D eigenvalue weighted by atomic mass is 9.98. The zero-order valence-corrected chi connectivity index (χ0v) is 16.3. The first-order chi connectivity index (χ1) is 14.9. The van der Waals surface area contributed by atoms with Gasteiger partial charge in [-0.15, -0.1) is 0 Å². The van der Waals surface area contributed by atoms with Crippen molar-refractivity contribution < 1.29 is 4.42 Å². The van der Waals surface area contributed by atoms with E-state index in [-0.39, 0.29) is 0 Å². The molecule has 0 bridgehead atoms. The van der Waals surface area contributed by atoms with E-state index in [9.17, 15) is 0 Å². The number of para-hydroxylation sites is 2. The summed E-state index contributed by atoms with van der Waals surface area (Å²) in [6.45, 7) is 0. The first kappa shape index (κ1) is 16.9. The summed E-state index contributed by atoms with van der Waals surface area (Å²) in [5.74, 6) is 0. The summed E-state index contributed by atoms with van der Waals surface area (Å²) >= 11 is 0. The van der Waals surface area contributed by atoms with Crippen molar-refractivity contribution in [2.24, 2.45) is 0 Å². The quantitative estimate of drug-likeness (QED) is 0.332. The number of hydrogen-bond acceptors (Lipinski definition) is 2. The van der Waals surface area contributed by atoms with E-state index in [1.54, 1.807) is 0 Å². The molecule has 1 N–H and O–H groups in total. The fourth-order valence-electron chi connectivity index (χ4n) is 4.21. The topological polar surface area (TPSA) is 25.2 Å². The minimum absolute atomic E-state index is 0.886. The second-order valence-electron chi connectivity index (χ2n) is 7.51. The van der Waals surface area contributed by atoms with Gasteiger partial charge in [-0.25, -0.2) is 0 Å². The summed E-state index contributed by atoms with van der Waals surface area (Å²) in [6.07, 6.45) is 0. The minimum atomic E-state index is 0.886. The third kappa shape index (κ3) is 2.73. The molecule has 0 saturated carbocycles. The standard InChI is InChI=1S/C28H19NO/c1-2-9-22-19(7-1)8-5-11-23(22)20-15-17-21(18-16-20)29-26-13-6-12-25-24-10-3-4-14-27(24)30-28(25)26/h1-18,29H. The van der Waals surface area contributed by atoms with E-state index < -0.39 is 0 Å². The molecule has 6 rings (SSSR count). The van der Waals surface area contributed by atoms with Crippen LogP contribution in [0.1, 0.15) is 0 Å². The molecule has 0 spiro atoms. The molecule has 0 aliphatic rings. The summed E-state index contributed by atoms with van der Waals surface area (Å²) in [5.41, 5.74) is 6.26. The van der Waals surface area contributed by atoms with Crippen LogP contribution in [0.3, 0.4) is 0 Å². The molecule has 0 unspecified atom stereocenters. The van der Waals surface area contributed by atoms with Crippen molar-refractivity contribution in [1.29, 1.82) is 0 Å². The van der Waals surface area contributed by atoms with E-state index in [1.807, 2.05) is 18.2 Å². The second-order valence-corrected chi connectivity index (χ2v) is 7.51. The highest BCUT2D eigenvalue weighted by atomic mass is 16.3. The molecule has 0 saturated heterocycles. The van der Waals surface area contributed by atoms with E-state index in [0.717, 1.165) is 33.3 Å². The molecule has 0 aliphatic carbocycles. The lowest BCUT2D eigenvalue weighted by Gasteiger charge is -2.10. The predicted molar refractivity (Wildman–Crippen MR) is 126 cm³/mol. The molecule has 1 heterocycles. The molecular weight excluding hydrogens is 366 g/mol. The Hall–Kier alpha value is -4.04. The molecule has 0 radical (unpaired) electrons. The minimum Gasteiger partial charge on any atom is -0.454 e. The Balaban J connectivity index is 1.38. The van der Waals surface area contributed by atoms with Gasteiger partial charge in [-0.3, -0.25) is 0 Å². The van der Waals surface area contributed by atoms with Crippen LogP contribution >= 0.6 is 0 Å². The SMILES string of the molecule is c1ccc2c(-c3ccc(Nc4cccc5c4oc4ccccc45)cc3)cccc2c1. The van der Waals surface area contributed by atoms with Gasteiger partial charge >= 0.3 is 0 Å². The van der Waals surface area contributed by atoms with Crippen LogP contribution in [0.25, 0.3) is 43.8 Å². The summed E-state index contributed by atoms with van der Waals surface area (Å²) in [6, 6.07) is 37.9. The highest BCUT2D eigenvalue weighted by molar-refractivity contribution is 6.09. The highest BCUT2D eigenvalue weighted by Crippen LogP contribution is 2.35. The third-order valence-electron chi connectivity index (χ3n) is 5.67. The van der Waals surface area contributed by atoms with Gasteiger partial charge in [0.05, 0.1) is 5.69 Å². The van der Waals surface area contributed by atoms with Gasteiger partial charge in [0.2, 0.25) is 0 Å². The van der Waals surface area contributed by atoms with Crippen molar-refractivity contribution in [3.05, 3.63) is 109 Å². The molecule has 142 valence electrons. The average Bonchev–Trinajstić information content (AvgIpc) is 3.19. The van der Waals surface area contributed by atoms with Crippen molar-refractivity contribution in [2.75, 3.05) is 5.32 Å². The van der Waals surface area contributed by atoms with E-state index >= 15 is 0 Å². The molecule has 6 aromatic rings. The Morgan fingerprint density at radius 1 is 0.533 bits per heavy atom. The normalized spacial score (nSPS) is 11.3. The number of hydrogen-bond donors (Lipinski definition) is 1. The number of furan rings is 1. The van der Waals surface area contributed by atoms with Gasteiger partial charge in [-0.1, -0.05) is 84.9 Å². The zero-order valence-electron chi connectivity index (χ0n) is 16.3. The Morgan fingerprint density at radius 2 is 1.23 bits per heavy atom. The predicted octanol–water partition coefficient (Wildman–Crippen LogP) is 8.15. The Morgan fingerprint density at radius 3 is 2.13 bits per heavy atom. The van der Waals surface area contributed by atoms with E-state index in [2.05, 4.69) is 96.3 Å². The van der Waals surface area contributed by atoms with Crippen molar-refractivity contribution >= 4 is 44.1 Å². The first-order valence-corrected chi connectivity index (χ1v) is 10.1. The Bertz CT molecular complexity index is 1500. The molecule has 1 aromatic heterocycles. The van der Waals surface area contributed by atoms with Crippen LogP contribution in [-0.4, -0.2) is 0 Å². The van der Waals surface area contributed by atoms with Crippen LogP contribution in [-0.2, 0) is 0 Å². The van der Waals surface area contributed by atoms with Gasteiger partial charge in [0.1, 0.15) is 5.58 Å². The van der Waals surface area contributed by atoms with E-state index in [0.29, 0.717) is 0 Å². The lowest BCUT2D eigenvalue weighted by Crippen LogP contribution is -1.90. The van der Waals surface area contributed by atoms with E-state index in [1.165, 1.54) is 21.9 Å². The van der Waals surface area contributed by atoms with Crippen LogP contribution in [0.15, 0.2) is 114 Å². The van der Waals surface area contributed by atoms with Crippen LogP contribution < -0.4 is 5.32 Å².